The van der Waals surface area contributed by atoms with Crippen LogP contribution in [0, 0.1) is 13.8 Å². The fourth-order valence-corrected chi connectivity index (χ4v) is 2.66. The molecule has 0 aliphatic rings. The Hall–Kier alpha value is -2.82. The van der Waals surface area contributed by atoms with Crippen LogP contribution in [0.1, 0.15) is 43.9 Å². The molecule has 0 atom stereocenters. The summed E-state index contributed by atoms with van der Waals surface area (Å²) in [6, 6.07) is 13.2. The number of amides is 2. The number of carbonyl (C=O) groups excluding carboxylic acids is 2. The average molecular weight is 368 g/mol. The molecular formula is C22H28N2O3. The maximum absolute atomic E-state index is 12.2. The van der Waals surface area contributed by atoms with E-state index in [1.54, 1.807) is 24.3 Å². The van der Waals surface area contributed by atoms with Crippen LogP contribution in [0.4, 0.5) is 16.2 Å². The van der Waals surface area contributed by atoms with Gasteiger partial charge in [0.05, 0.1) is 0 Å². The first-order chi connectivity index (χ1) is 12.6. The normalized spacial score (nSPS) is 11.0. The summed E-state index contributed by atoms with van der Waals surface area (Å²) in [5.74, 6) is -0.0390. The van der Waals surface area contributed by atoms with E-state index in [1.165, 1.54) is 16.7 Å². The highest BCUT2D eigenvalue weighted by atomic mass is 16.6. The lowest BCUT2D eigenvalue weighted by atomic mass is 10.0. The number of anilines is 2. The molecule has 0 unspecified atom stereocenters. The zero-order valence-corrected chi connectivity index (χ0v) is 16.7. The van der Waals surface area contributed by atoms with Crippen LogP contribution in [0.25, 0.3) is 0 Å². The van der Waals surface area contributed by atoms with Crippen LogP contribution < -0.4 is 10.6 Å². The van der Waals surface area contributed by atoms with Gasteiger partial charge in [-0.15, -0.1) is 0 Å². The van der Waals surface area contributed by atoms with Crippen molar-refractivity contribution in [3.63, 3.8) is 0 Å². The maximum atomic E-state index is 12.2. The number of rotatable bonds is 5. The van der Waals surface area contributed by atoms with Crippen molar-refractivity contribution in [3.8, 4) is 0 Å². The van der Waals surface area contributed by atoms with Crippen molar-refractivity contribution in [2.75, 3.05) is 10.6 Å². The van der Waals surface area contributed by atoms with E-state index < -0.39 is 11.7 Å². The van der Waals surface area contributed by atoms with Gasteiger partial charge in [-0.05, 0) is 76.4 Å². The van der Waals surface area contributed by atoms with Gasteiger partial charge in [0.15, 0.2) is 0 Å². The van der Waals surface area contributed by atoms with E-state index in [1.807, 2.05) is 20.8 Å². The van der Waals surface area contributed by atoms with Crippen LogP contribution in [0.5, 0.6) is 0 Å². The van der Waals surface area contributed by atoms with Crippen LogP contribution in [-0.4, -0.2) is 17.6 Å². The molecule has 0 bridgehead atoms. The second kappa shape index (κ2) is 8.71. The molecule has 144 valence electrons. The van der Waals surface area contributed by atoms with Crippen LogP contribution in [0.2, 0.25) is 0 Å². The molecule has 0 saturated heterocycles. The quantitative estimate of drug-likeness (QED) is 0.760. The lowest BCUT2D eigenvalue weighted by Gasteiger charge is -2.19. The van der Waals surface area contributed by atoms with Gasteiger partial charge in [-0.1, -0.05) is 23.8 Å². The molecule has 2 aromatic carbocycles. The molecule has 0 fully saturated rings. The minimum absolute atomic E-state index is 0.0390. The number of nitrogens with one attached hydrogen (secondary N) is 2. The highest BCUT2D eigenvalue weighted by Gasteiger charge is 2.16. The lowest BCUT2D eigenvalue weighted by molar-refractivity contribution is -0.116. The SMILES string of the molecule is Cc1ccc(CCC(=O)Nc2ccc(NC(=O)OC(C)(C)C)cc2)c(C)c1. The minimum atomic E-state index is -0.548. The van der Waals surface area contributed by atoms with E-state index in [-0.39, 0.29) is 5.91 Å². The van der Waals surface area contributed by atoms with Gasteiger partial charge < -0.3 is 10.1 Å². The lowest BCUT2D eigenvalue weighted by Crippen LogP contribution is -2.27. The standard InChI is InChI=1S/C22H28N2O3/c1-15-6-7-17(16(2)14-15)8-13-20(25)23-18-9-11-19(12-10-18)24-21(26)27-22(3,4)5/h6-7,9-12,14H,8,13H2,1-5H3,(H,23,25)(H,24,26). The number of hydrogen-bond acceptors (Lipinski definition) is 3. The van der Waals surface area contributed by atoms with E-state index in [0.717, 1.165) is 0 Å². The molecule has 0 aliphatic carbocycles. The van der Waals surface area contributed by atoms with Crippen LogP contribution in [-0.2, 0) is 16.0 Å². The van der Waals surface area contributed by atoms with Gasteiger partial charge in [0.25, 0.3) is 0 Å². The summed E-state index contributed by atoms with van der Waals surface area (Å²) in [7, 11) is 0. The van der Waals surface area contributed by atoms with Gasteiger partial charge in [-0.2, -0.15) is 0 Å². The molecule has 5 nitrogen and oxygen atoms in total. The number of ether oxygens (including phenoxy) is 1. The Morgan fingerprint density at radius 2 is 1.52 bits per heavy atom. The molecule has 2 aromatic rings. The number of hydrogen-bond donors (Lipinski definition) is 2. The first kappa shape index (κ1) is 20.5. The molecule has 0 aliphatic heterocycles. The van der Waals surface area contributed by atoms with Crippen LogP contribution in [0.15, 0.2) is 42.5 Å². The molecule has 2 N–H and O–H groups in total. The zero-order chi connectivity index (χ0) is 20.0. The predicted octanol–water partition coefficient (Wildman–Crippen LogP) is 5.22. The van der Waals surface area contributed by atoms with Gasteiger partial charge in [0.2, 0.25) is 5.91 Å². The molecule has 5 heteroatoms. The van der Waals surface area contributed by atoms with Gasteiger partial charge in [0, 0.05) is 17.8 Å². The van der Waals surface area contributed by atoms with Crippen molar-refractivity contribution >= 4 is 23.4 Å². The van der Waals surface area contributed by atoms with Crippen molar-refractivity contribution in [1.82, 2.24) is 0 Å². The van der Waals surface area contributed by atoms with Crippen molar-refractivity contribution < 1.29 is 14.3 Å². The molecular weight excluding hydrogens is 340 g/mol. The Morgan fingerprint density at radius 1 is 0.926 bits per heavy atom. The molecule has 0 heterocycles. The highest BCUT2D eigenvalue weighted by Crippen LogP contribution is 2.17. The number of carbonyl (C=O) groups is 2. The monoisotopic (exact) mass is 368 g/mol. The molecule has 0 saturated carbocycles. The topological polar surface area (TPSA) is 67.4 Å². The highest BCUT2D eigenvalue weighted by molar-refractivity contribution is 5.91. The summed E-state index contributed by atoms with van der Waals surface area (Å²) in [4.78, 5) is 23.9. The molecule has 0 aromatic heterocycles. The first-order valence-corrected chi connectivity index (χ1v) is 9.08. The number of benzene rings is 2. The molecule has 0 spiro atoms. The van der Waals surface area contributed by atoms with E-state index in [2.05, 4.69) is 42.7 Å². The third-order valence-electron chi connectivity index (χ3n) is 3.93. The second-order valence-electron chi connectivity index (χ2n) is 7.68. The van der Waals surface area contributed by atoms with Gasteiger partial charge >= 0.3 is 6.09 Å². The summed E-state index contributed by atoms with van der Waals surface area (Å²) in [5, 5.41) is 5.54. The Morgan fingerprint density at radius 3 is 2.07 bits per heavy atom. The van der Waals surface area contributed by atoms with E-state index >= 15 is 0 Å². The Bertz CT molecular complexity index is 805. The predicted molar refractivity (Wildman–Crippen MR) is 109 cm³/mol. The first-order valence-electron chi connectivity index (χ1n) is 9.08. The van der Waals surface area contributed by atoms with Gasteiger partial charge in [-0.3, -0.25) is 10.1 Å². The van der Waals surface area contributed by atoms with Crippen molar-refractivity contribution in [1.29, 1.82) is 0 Å². The largest absolute Gasteiger partial charge is 0.444 e. The van der Waals surface area contributed by atoms with Crippen LogP contribution >= 0.6 is 0 Å². The fraction of sp³-hybridized carbons (Fsp3) is 0.364. The molecule has 2 amide bonds. The minimum Gasteiger partial charge on any atom is -0.444 e. The Balaban J connectivity index is 1.84. The third kappa shape index (κ3) is 7.13. The van der Waals surface area contributed by atoms with Crippen molar-refractivity contribution in [3.05, 3.63) is 59.2 Å². The summed E-state index contributed by atoms with van der Waals surface area (Å²) in [6.07, 6.45) is 0.616. The van der Waals surface area contributed by atoms with E-state index in [9.17, 15) is 9.59 Å². The Kier molecular flexibility index (Phi) is 6.61. The van der Waals surface area contributed by atoms with Crippen molar-refractivity contribution in [2.24, 2.45) is 0 Å². The van der Waals surface area contributed by atoms with Crippen molar-refractivity contribution in [2.45, 2.75) is 53.1 Å². The second-order valence-corrected chi connectivity index (χ2v) is 7.68. The molecule has 0 radical (unpaired) electrons. The third-order valence-corrected chi connectivity index (χ3v) is 3.93. The summed E-state index contributed by atoms with van der Waals surface area (Å²) < 4.78 is 5.21. The van der Waals surface area contributed by atoms with Crippen LogP contribution in [0.3, 0.4) is 0 Å². The van der Waals surface area contributed by atoms with E-state index in [4.69, 9.17) is 4.74 Å². The smallest absolute Gasteiger partial charge is 0.412 e. The van der Waals surface area contributed by atoms with E-state index in [0.29, 0.717) is 24.2 Å². The summed E-state index contributed by atoms with van der Waals surface area (Å²) in [5.41, 5.74) is 4.37. The van der Waals surface area contributed by atoms with Gasteiger partial charge in [-0.25, -0.2) is 4.79 Å². The summed E-state index contributed by atoms with van der Waals surface area (Å²) >= 11 is 0. The Labute approximate surface area is 161 Å². The fourth-order valence-electron chi connectivity index (χ4n) is 2.66. The summed E-state index contributed by atoms with van der Waals surface area (Å²) in [6.45, 7) is 9.55. The molecule has 2 rings (SSSR count). The maximum Gasteiger partial charge on any atom is 0.412 e. The van der Waals surface area contributed by atoms with Gasteiger partial charge in [0.1, 0.15) is 5.60 Å². The molecule has 27 heavy (non-hydrogen) atoms. The zero-order valence-electron chi connectivity index (χ0n) is 16.7. The average Bonchev–Trinajstić information content (AvgIpc) is 2.54. The number of aryl methyl sites for hydroxylation is 3.